The molecule has 0 fully saturated rings. The highest BCUT2D eigenvalue weighted by molar-refractivity contribution is 5.92. The average Bonchev–Trinajstić information content (AvgIpc) is 1.90. The van der Waals surface area contributed by atoms with E-state index in [2.05, 4.69) is 6.92 Å². The molecule has 0 amide bonds. The third-order valence-electron chi connectivity index (χ3n) is 1.46. The summed E-state index contributed by atoms with van der Waals surface area (Å²) in [6.07, 6.45) is 7.16. The highest BCUT2D eigenvalue weighted by atomic mass is 16.1. The molecular weight excluding hydrogens is 112 g/mol. The second kappa shape index (κ2) is 2.62. The molecule has 0 heterocycles. The summed E-state index contributed by atoms with van der Waals surface area (Å²) in [5, 5.41) is 0. The van der Waals surface area contributed by atoms with Crippen molar-refractivity contribution in [2.24, 2.45) is 0 Å². The second-order valence-corrected chi connectivity index (χ2v) is 2.14. The lowest BCUT2D eigenvalue weighted by Crippen LogP contribution is -1.95. The van der Waals surface area contributed by atoms with Gasteiger partial charge in [0, 0.05) is 6.42 Å². The summed E-state index contributed by atoms with van der Waals surface area (Å²) < 4.78 is 0. The molecule has 1 aliphatic rings. The van der Waals surface area contributed by atoms with Crippen LogP contribution in [-0.2, 0) is 4.79 Å². The van der Waals surface area contributed by atoms with Crippen LogP contribution in [0.2, 0.25) is 0 Å². The zero-order valence-corrected chi connectivity index (χ0v) is 5.55. The Morgan fingerprint density at radius 3 is 2.78 bits per heavy atom. The van der Waals surface area contributed by atoms with Gasteiger partial charge in [-0.3, -0.25) is 4.79 Å². The molecule has 48 valence electrons. The maximum atomic E-state index is 10.6. The molecule has 9 heavy (non-hydrogen) atoms. The Hall–Kier alpha value is -0.850. The number of hydrogen-bond acceptors (Lipinski definition) is 1. The molecule has 0 aromatic rings. The summed E-state index contributed by atoms with van der Waals surface area (Å²) in [5.74, 6) is 0.215. The standard InChI is InChI=1S/C8H10O/c1-2-7-3-5-8(9)6-4-7/h3-5H,2,6H2,1H3. The SMILES string of the molecule is CCC1=CCC(=O)C=C1. The molecule has 0 N–H and O–H groups in total. The average molecular weight is 122 g/mol. The maximum absolute atomic E-state index is 10.6. The minimum absolute atomic E-state index is 0.215. The van der Waals surface area contributed by atoms with Crippen LogP contribution in [0.25, 0.3) is 0 Å². The van der Waals surface area contributed by atoms with Gasteiger partial charge >= 0.3 is 0 Å². The summed E-state index contributed by atoms with van der Waals surface area (Å²) in [5.41, 5.74) is 1.27. The van der Waals surface area contributed by atoms with Crippen molar-refractivity contribution in [3.05, 3.63) is 23.8 Å². The summed E-state index contributed by atoms with van der Waals surface area (Å²) in [6.45, 7) is 2.09. The van der Waals surface area contributed by atoms with E-state index in [4.69, 9.17) is 0 Å². The molecular formula is C8H10O. The highest BCUT2D eigenvalue weighted by Crippen LogP contribution is 2.09. The minimum atomic E-state index is 0.215. The zero-order valence-electron chi connectivity index (χ0n) is 5.55. The van der Waals surface area contributed by atoms with E-state index in [-0.39, 0.29) is 5.78 Å². The maximum Gasteiger partial charge on any atom is 0.159 e. The first kappa shape index (κ1) is 6.27. The third kappa shape index (κ3) is 1.53. The fourth-order valence-corrected chi connectivity index (χ4v) is 0.830. The fourth-order valence-electron chi connectivity index (χ4n) is 0.830. The summed E-state index contributed by atoms with van der Waals surface area (Å²) >= 11 is 0. The van der Waals surface area contributed by atoms with Crippen LogP contribution in [0.15, 0.2) is 23.8 Å². The van der Waals surface area contributed by atoms with Crippen molar-refractivity contribution < 1.29 is 4.79 Å². The van der Waals surface area contributed by atoms with Crippen LogP contribution in [0.5, 0.6) is 0 Å². The van der Waals surface area contributed by atoms with Crippen molar-refractivity contribution >= 4 is 5.78 Å². The second-order valence-electron chi connectivity index (χ2n) is 2.14. The highest BCUT2D eigenvalue weighted by Gasteiger charge is 1.99. The minimum Gasteiger partial charge on any atom is -0.295 e. The van der Waals surface area contributed by atoms with Crippen molar-refractivity contribution in [2.75, 3.05) is 0 Å². The molecule has 0 aromatic heterocycles. The van der Waals surface area contributed by atoms with Crippen LogP contribution in [0.3, 0.4) is 0 Å². The topological polar surface area (TPSA) is 17.1 Å². The zero-order chi connectivity index (χ0) is 6.69. The third-order valence-corrected chi connectivity index (χ3v) is 1.46. The quantitative estimate of drug-likeness (QED) is 0.518. The number of rotatable bonds is 1. The largest absolute Gasteiger partial charge is 0.295 e. The molecule has 0 radical (unpaired) electrons. The van der Waals surface area contributed by atoms with E-state index in [0.29, 0.717) is 6.42 Å². The fraction of sp³-hybridized carbons (Fsp3) is 0.375. The van der Waals surface area contributed by atoms with Crippen LogP contribution in [-0.4, -0.2) is 5.78 Å². The molecule has 1 nitrogen and oxygen atoms in total. The van der Waals surface area contributed by atoms with Crippen LogP contribution in [0.1, 0.15) is 19.8 Å². The van der Waals surface area contributed by atoms with Crippen LogP contribution >= 0.6 is 0 Å². The number of hydrogen-bond donors (Lipinski definition) is 0. The summed E-state index contributed by atoms with van der Waals surface area (Å²) in [4.78, 5) is 10.6. The van der Waals surface area contributed by atoms with Gasteiger partial charge in [-0.2, -0.15) is 0 Å². The van der Waals surface area contributed by atoms with Gasteiger partial charge in [-0.15, -0.1) is 0 Å². The molecule has 0 unspecified atom stereocenters. The number of allylic oxidation sites excluding steroid dienone is 4. The summed E-state index contributed by atoms with van der Waals surface area (Å²) in [6, 6.07) is 0. The van der Waals surface area contributed by atoms with Crippen molar-refractivity contribution in [2.45, 2.75) is 19.8 Å². The van der Waals surface area contributed by atoms with Gasteiger partial charge in [0.2, 0.25) is 0 Å². The molecule has 1 rings (SSSR count). The van der Waals surface area contributed by atoms with Gasteiger partial charge in [0.15, 0.2) is 5.78 Å². The van der Waals surface area contributed by atoms with E-state index in [0.717, 1.165) is 6.42 Å². The van der Waals surface area contributed by atoms with Crippen molar-refractivity contribution in [1.29, 1.82) is 0 Å². The smallest absolute Gasteiger partial charge is 0.159 e. The first-order valence-corrected chi connectivity index (χ1v) is 3.23. The molecule has 0 saturated heterocycles. The van der Waals surface area contributed by atoms with Gasteiger partial charge in [0.1, 0.15) is 0 Å². The van der Waals surface area contributed by atoms with Crippen molar-refractivity contribution in [3.63, 3.8) is 0 Å². The molecule has 1 heteroatoms. The van der Waals surface area contributed by atoms with Crippen LogP contribution in [0, 0.1) is 0 Å². The van der Waals surface area contributed by atoms with E-state index in [9.17, 15) is 4.79 Å². The normalized spacial score (nSPS) is 17.9. The first-order valence-electron chi connectivity index (χ1n) is 3.23. The molecule has 0 saturated carbocycles. The molecule has 0 atom stereocenters. The Bertz CT molecular complexity index is 175. The van der Waals surface area contributed by atoms with Gasteiger partial charge in [-0.1, -0.05) is 24.6 Å². The van der Waals surface area contributed by atoms with E-state index in [1.807, 2.05) is 12.2 Å². The van der Waals surface area contributed by atoms with Crippen molar-refractivity contribution in [1.82, 2.24) is 0 Å². The van der Waals surface area contributed by atoms with Crippen LogP contribution in [0.4, 0.5) is 0 Å². The van der Waals surface area contributed by atoms with E-state index >= 15 is 0 Å². The number of carbonyl (C=O) groups excluding carboxylic acids is 1. The lowest BCUT2D eigenvalue weighted by molar-refractivity contribution is -0.113. The van der Waals surface area contributed by atoms with Gasteiger partial charge < -0.3 is 0 Å². The van der Waals surface area contributed by atoms with Crippen LogP contribution < -0.4 is 0 Å². The Labute approximate surface area is 55.1 Å². The van der Waals surface area contributed by atoms with Gasteiger partial charge in [0.05, 0.1) is 0 Å². The van der Waals surface area contributed by atoms with Crippen molar-refractivity contribution in [3.8, 4) is 0 Å². The van der Waals surface area contributed by atoms with E-state index in [1.165, 1.54) is 5.57 Å². The lowest BCUT2D eigenvalue weighted by atomic mass is 10.0. The van der Waals surface area contributed by atoms with Gasteiger partial charge in [-0.25, -0.2) is 0 Å². The number of carbonyl (C=O) groups is 1. The Morgan fingerprint density at radius 1 is 1.56 bits per heavy atom. The monoisotopic (exact) mass is 122 g/mol. The number of ketones is 1. The van der Waals surface area contributed by atoms with Gasteiger partial charge in [0.25, 0.3) is 0 Å². The molecule has 0 bridgehead atoms. The first-order chi connectivity index (χ1) is 4.33. The Balaban J connectivity index is 2.63. The predicted octanol–water partition coefficient (Wildman–Crippen LogP) is 1.85. The van der Waals surface area contributed by atoms with E-state index < -0.39 is 0 Å². The molecule has 0 aromatic carbocycles. The summed E-state index contributed by atoms with van der Waals surface area (Å²) in [7, 11) is 0. The molecule has 0 spiro atoms. The Kier molecular flexibility index (Phi) is 1.83. The van der Waals surface area contributed by atoms with Gasteiger partial charge in [-0.05, 0) is 12.5 Å². The Morgan fingerprint density at radius 2 is 2.33 bits per heavy atom. The molecule has 0 aliphatic heterocycles. The molecule has 1 aliphatic carbocycles. The van der Waals surface area contributed by atoms with E-state index in [1.54, 1.807) is 6.08 Å². The predicted molar refractivity (Wildman–Crippen MR) is 37.1 cm³/mol. The lowest BCUT2D eigenvalue weighted by Gasteiger charge is -2.00.